The molecule has 1 atom stereocenters. The summed E-state index contributed by atoms with van der Waals surface area (Å²) in [5.74, 6) is -0.887. The molecule has 6 nitrogen and oxygen atoms in total. The quantitative estimate of drug-likeness (QED) is 0.443. The molecule has 0 radical (unpaired) electrons. The predicted octanol–water partition coefficient (Wildman–Crippen LogP) is 4.23. The number of hydrogen-bond donors (Lipinski definition) is 1. The van der Waals surface area contributed by atoms with Gasteiger partial charge in [0.05, 0.1) is 7.11 Å². The summed E-state index contributed by atoms with van der Waals surface area (Å²) in [6.45, 7) is 0.179. The van der Waals surface area contributed by atoms with Crippen LogP contribution in [0, 0.1) is 0 Å². The van der Waals surface area contributed by atoms with Crippen molar-refractivity contribution >= 4 is 17.7 Å². The topological polar surface area (TPSA) is 81.7 Å². The summed E-state index contributed by atoms with van der Waals surface area (Å²) >= 11 is 0. The fraction of sp³-hybridized carbons (Fsp3) is 0.423. The summed E-state index contributed by atoms with van der Waals surface area (Å²) in [4.78, 5) is 38.3. The van der Waals surface area contributed by atoms with Crippen molar-refractivity contribution < 1.29 is 23.9 Å². The Morgan fingerprint density at radius 3 is 2.19 bits per heavy atom. The number of Topliss-reactive ketones (excluding diaryl/α,β-unsaturated/α-hetero) is 1. The number of ether oxygens (including phenoxy) is 2. The molecule has 6 heteroatoms. The number of ketones is 1. The van der Waals surface area contributed by atoms with E-state index < -0.39 is 17.6 Å². The summed E-state index contributed by atoms with van der Waals surface area (Å²) in [7, 11) is 1.32. The van der Waals surface area contributed by atoms with Crippen LogP contribution in [-0.2, 0) is 25.7 Å². The predicted molar refractivity (Wildman–Crippen MR) is 121 cm³/mol. The molecule has 1 saturated carbocycles. The third kappa shape index (κ3) is 6.26. The second kappa shape index (κ2) is 11.6. The van der Waals surface area contributed by atoms with Gasteiger partial charge in [-0.15, -0.1) is 0 Å². The first-order chi connectivity index (χ1) is 15.5. The van der Waals surface area contributed by atoms with Gasteiger partial charge in [-0.25, -0.2) is 0 Å². The van der Waals surface area contributed by atoms with E-state index in [0.717, 1.165) is 24.8 Å². The van der Waals surface area contributed by atoms with Gasteiger partial charge in [0.25, 0.3) is 0 Å². The molecule has 1 fully saturated rings. The number of hydrogen-bond acceptors (Lipinski definition) is 6. The first kappa shape index (κ1) is 23.7. The van der Waals surface area contributed by atoms with E-state index in [2.05, 4.69) is 5.32 Å². The minimum Gasteiger partial charge on any atom is -0.468 e. The minimum absolute atomic E-state index is 0.0503. The Morgan fingerprint density at radius 1 is 0.938 bits per heavy atom. The highest BCUT2D eigenvalue weighted by Crippen LogP contribution is 2.31. The number of esters is 2. The molecule has 0 aromatic heterocycles. The summed E-state index contributed by atoms with van der Waals surface area (Å²) in [6, 6.07) is 17.7. The largest absolute Gasteiger partial charge is 0.468 e. The van der Waals surface area contributed by atoms with Gasteiger partial charge in [-0.05, 0) is 24.8 Å². The van der Waals surface area contributed by atoms with E-state index in [9.17, 15) is 14.4 Å². The number of benzene rings is 2. The van der Waals surface area contributed by atoms with Gasteiger partial charge in [-0.3, -0.25) is 19.7 Å². The lowest BCUT2D eigenvalue weighted by Crippen LogP contribution is -2.59. The molecule has 1 N–H and O–H groups in total. The minimum atomic E-state index is -0.957. The maximum atomic E-state index is 13.2. The Balaban J connectivity index is 1.70. The van der Waals surface area contributed by atoms with Gasteiger partial charge < -0.3 is 9.47 Å². The van der Waals surface area contributed by atoms with E-state index in [1.165, 1.54) is 7.11 Å². The van der Waals surface area contributed by atoms with Crippen molar-refractivity contribution in [1.82, 2.24) is 5.32 Å². The lowest BCUT2D eigenvalue weighted by Gasteiger charge is -2.38. The zero-order valence-corrected chi connectivity index (χ0v) is 18.5. The highest BCUT2D eigenvalue weighted by atomic mass is 16.5. The van der Waals surface area contributed by atoms with Gasteiger partial charge in [-0.2, -0.15) is 0 Å². The molecule has 2 aromatic carbocycles. The highest BCUT2D eigenvalue weighted by molar-refractivity contribution is 5.96. The van der Waals surface area contributed by atoms with E-state index in [4.69, 9.17) is 9.47 Å². The number of carbonyl (C=O) groups is 3. The third-order valence-electron chi connectivity index (χ3n) is 6.00. The maximum absolute atomic E-state index is 13.2. The smallest absolute Gasteiger partial charge is 0.326 e. The Bertz CT molecular complexity index is 891. The third-order valence-corrected chi connectivity index (χ3v) is 6.00. The molecule has 0 saturated heterocycles. The molecule has 1 aliphatic rings. The van der Waals surface area contributed by atoms with Crippen LogP contribution in [0.3, 0.4) is 0 Å². The molecule has 32 heavy (non-hydrogen) atoms. The zero-order chi connectivity index (χ0) is 22.8. The molecule has 1 aliphatic carbocycles. The van der Waals surface area contributed by atoms with Crippen LogP contribution in [0.5, 0.6) is 0 Å². The van der Waals surface area contributed by atoms with Crippen molar-refractivity contribution in [3.05, 3.63) is 71.8 Å². The van der Waals surface area contributed by atoms with Crippen LogP contribution in [0.1, 0.15) is 60.9 Å². The molecule has 0 amide bonds. The number of methoxy groups -OCH3 is 1. The van der Waals surface area contributed by atoms with Crippen molar-refractivity contribution in [2.24, 2.45) is 0 Å². The van der Waals surface area contributed by atoms with E-state index >= 15 is 0 Å². The molecule has 170 valence electrons. The highest BCUT2D eigenvalue weighted by Gasteiger charge is 2.44. The number of nitrogens with one attached hydrogen (secondary N) is 1. The molecular formula is C26H31NO5. The summed E-state index contributed by atoms with van der Waals surface area (Å²) < 4.78 is 10.6. The summed E-state index contributed by atoms with van der Waals surface area (Å²) in [6.07, 6.45) is 4.35. The van der Waals surface area contributed by atoms with E-state index in [1.54, 1.807) is 12.1 Å². The summed E-state index contributed by atoms with van der Waals surface area (Å²) in [5.41, 5.74) is 0.553. The van der Waals surface area contributed by atoms with Gasteiger partial charge in [0.15, 0.2) is 5.78 Å². The van der Waals surface area contributed by atoms with Crippen molar-refractivity contribution in [2.45, 2.75) is 63.1 Å². The fourth-order valence-corrected chi connectivity index (χ4v) is 4.19. The normalized spacial score (nSPS) is 16.0. The fourth-order valence-electron chi connectivity index (χ4n) is 4.19. The van der Waals surface area contributed by atoms with Crippen LogP contribution >= 0.6 is 0 Å². The average Bonchev–Trinajstić information content (AvgIpc) is 2.86. The van der Waals surface area contributed by atoms with Gasteiger partial charge in [0, 0.05) is 12.0 Å². The Labute approximate surface area is 189 Å². The van der Waals surface area contributed by atoms with Crippen LogP contribution in [0.4, 0.5) is 0 Å². The number of carbonyl (C=O) groups excluding carboxylic acids is 3. The number of rotatable bonds is 10. The second-order valence-corrected chi connectivity index (χ2v) is 8.25. The molecule has 0 spiro atoms. The van der Waals surface area contributed by atoms with Gasteiger partial charge in [0.1, 0.15) is 18.2 Å². The van der Waals surface area contributed by atoms with Gasteiger partial charge in [-0.1, -0.05) is 79.9 Å². The SMILES string of the molecule is COC(=O)C(CCC(=O)c1ccccc1)NC1(C(=O)OCc2ccccc2)CCCCC1. The van der Waals surface area contributed by atoms with Crippen molar-refractivity contribution in [3.63, 3.8) is 0 Å². The Kier molecular flexibility index (Phi) is 8.56. The van der Waals surface area contributed by atoms with Crippen LogP contribution in [0.2, 0.25) is 0 Å². The maximum Gasteiger partial charge on any atom is 0.326 e. The molecule has 1 unspecified atom stereocenters. The summed E-state index contributed by atoms with van der Waals surface area (Å²) in [5, 5.41) is 3.26. The lowest BCUT2D eigenvalue weighted by molar-refractivity contribution is -0.156. The monoisotopic (exact) mass is 437 g/mol. The van der Waals surface area contributed by atoms with Crippen LogP contribution in [-0.4, -0.2) is 36.4 Å². The average molecular weight is 438 g/mol. The standard InChI is InChI=1S/C26H31NO5/c1-31-24(29)22(15-16-23(28)21-13-7-3-8-14-21)27-26(17-9-4-10-18-26)25(30)32-19-20-11-5-2-6-12-20/h2-3,5-8,11-14,22,27H,4,9-10,15-19H2,1H3. The molecule has 0 heterocycles. The van der Waals surface area contributed by atoms with E-state index in [-0.39, 0.29) is 31.2 Å². The molecule has 2 aromatic rings. The van der Waals surface area contributed by atoms with Crippen molar-refractivity contribution in [1.29, 1.82) is 0 Å². The van der Waals surface area contributed by atoms with Crippen LogP contribution in [0.15, 0.2) is 60.7 Å². The lowest BCUT2D eigenvalue weighted by atomic mass is 9.80. The molecule has 3 rings (SSSR count). The van der Waals surface area contributed by atoms with Crippen molar-refractivity contribution in [3.8, 4) is 0 Å². The first-order valence-corrected chi connectivity index (χ1v) is 11.2. The van der Waals surface area contributed by atoms with Crippen LogP contribution < -0.4 is 5.32 Å². The van der Waals surface area contributed by atoms with Gasteiger partial charge in [0.2, 0.25) is 0 Å². The second-order valence-electron chi connectivity index (χ2n) is 8.25. The first-order valence-electron chi connectivity index (χ1n) is 11.2. The van der Waals surface area contributed by atoms with E-state index in [0.29, 0.717) is 18.4 Å². The Morgan fingerprint density at radius 2 is 1.56 bits per heavy atom. The van der Waals surface area contributed by atoms with Gasteiger partial charge >= 0.3 is 11.9 Å². The Hall–Kier alpha value is -2.99. The van der Waals surface area contributed by atoms with E-state index in [1.807, 2.05) is 48.5 Å². The van der Waals surface area contributed by atoms with Crippen molar-refractivity contribution in [2.75, 3.05) is 7.11 Å². The molecule has 0 bridgehead atoms. The van der Waals surface area contributed by atoms with Crippen LogP contribution in [0.25, 0.3) is 0 Å². The molecule has 0 aliphatic heterocycles. The zero-order valence-electron chi connectivity index (χ0n) is 18.5. The molecular weight excluding hydrogens is 406 g/mol.